The van der Waals surface area contributed by atoms with Crippen molar-refractivity contribution in [3.63, 3.8) is 0 Å². The number of fused-ring (bicyclic) bond motifs is 3. The van der Waals surface area contributed by atoms with Gasteiger partial charge in [0.2, 0.25) is 5.91 Å². The minimum atomic E-state index is -1.82. The molecule has 1 amide bonds. The maximum absolute atomic E-state index is 12.6. The SMILES string of the molecule is CCn1c2ccccc2c2cc(CN3CCN(C(=O)Cc4ccccc4)CC3)ccc21.O=C(O)C(=O)O. The first-order valence-corrected chi connectivity index (χ1v) is 12.4. The lowest BCUT2D eigenvalue weighted by Gasteiger charge is -2.35. The number of carboxylic acids is 2. The molecule has 4 aromatic rings. The predicted molar refractivity (Wildman–Crippen MR) is 142 cm³/mol. The van der Waals surface area contributed by atoms with Crippen molar-refractivity contribution in [2.75, 3.05) is 26.2 Å². The molecule has 1 aliphatic rings. The topological polar surface area (TPSA) is 103 Å². The van der Waals surface area contributed by atoms with Crippen molar-refractivity contribution in [1.82, 2.24) is 14.4 Å². The summed E-state index contributed by atoms with van der Waals surface area (Å²) in [6, 6.07) is 25.6. The quantitative estimate of drug-likeness (QED) is 0.403. The molecule has 1 saturated heterocycles. The van der Waals surface area contributed by atoms with Crippen LogP contribution in [0.25, 0.3) is 21.8 Å². The highest BCUT2D eigenvalue weighted by atomic mass is 16.4. The van der Waals surface area contributed by atoms with Crippen molar-refractivity contribution in [2.45, 2.75) is 26.4 Å². The summed E-state index contributed by atoms with van der Waals surface area (Å²) in [5.74, 6) is -3.41. The molecule has 0 unspecified atom stereocenters. The van der Waals surface area contributed by atoms with Gasteiger partial charge in [-0.05, 0) is 36.2 Å². The zero-order chi connectivity index (χ0) is 26.4. The molecule has 0 bridgehead atoms. The summed E-state index contributed by atoms with van der Waals surface area (Å²) in [5.41, 5.74) is 5.05. The second kappa shape index (κ2) is 11.7. The monoisotopic (exact) mass is 501 g/mol. The largest absolute Gasteiger partial charge is 0.473 e. The Morgan fingerprint density at radius 3 is 2.00 bits per heavy atom. The molecule has 0 spiro atoms. The van der Waals surface area contributed by atoms with Gasteiger partial charge in [-0.1, -0.05) is 54.6 Å². The molecule has 1 aliphatic heterocycles. The number of benzene rings is 3. The molecule has 37 heavy (non-hydrogen) atoms. The number of rotatable bonds is 5. The molecule has 0 aliphatic carbocycles. The summed E-state index contributed by atoms with van der Waals surface area (Å²) in [6.07, 6.45) is 0.499. The summed E-state index contributed by atoms with van der Waals surface area (Å²) in [5, 5.41) is 17.5. The van der Waals surface area contributed by atoms with Crippen LogP contribution in [-0.4, -0.2) is 68.6 Å². The number of piperazine rings is 1. The zero-order valence-electron chi connectivity index (χ0n) is 20.8. The van der Waals surface area contributed by atoms with E-state index in [9.17, 15) is 4.79 Å². The highest BCUT2D eigenvalue weighted by Gasteiger charge is 2.21. The number of carboxylic acid groups (broad SMARTS) is 2. The van der Waals surface area contributed by atoms with E-state index in [2.05, 4.69) is 58.9 Å². The molecule has 8 nitrogen and oxygen atoms in total. The molecular weight excluding hydrogens is 470 g/mol. The highest BCUT2D eigenvalue weighted by Crippen LogP contribution is 2.30. The van der Waals surface area contributed by atoms with E-state index < -0.39 is 11.9 Å². The average Bonchev–Trinajstić information content (AvgIpc) is 3.23. The van der Waals surface area contributed by atoms with Crippen LogP contribution < -0.4 is 0 Å². The molecule has 8 heteroatoms. The lowest BCUT2D eigenvalue weighted by atomic mass is 10.1. The Morgan fingerprint density at radius 2 is 1.35 bits per heavy atom. The predicted octanol–water partition coefficient (Wildman–Crippen LogP) is 3.86. The highest BCUT2D eigenvalue weighted by molar-refractivity contribution is 6.27. The van der Waals surface area contributed by atoms with Gasteiger partial charge in [0.05, 0.1) is 6.42 Å². The molecule has 2 heterocycles. The number of hydrogen-bond acceptors (Lipinski definition) is 4. The van der Waals surface area contributed by atoms with E-state index in [1.165, 1.54) is 27.4 Å². The molecule has 1 aromatic heterocycles. The van der Waals surface area contributed by atoms with Gasteiger partial charge < -0.3 is 19.7 Å². The van der Waals surface area contributed by atoms with Gasteiger partial charge >= 0.3 is 11.9 Å². The number of para-hydroxylation sites is 1. The zero-order valence-corrected chi connectivity index (χ0v) is 20.8. The summed E-state index contributed by atoms with van der Waals surface area (Å²) in [6.45, 7) is 7.58. The minimum absolute atomic E-state index is 0.236. The summed E-state index contributed by atoms with van der Waals surface area (Å²) >= 11 is 0. The Hall–Kier alpha value is -4.17. The Kier molecular flexibility index (Phi) is 8.20. The van der Waals surface area contributed by atoms with Crippen LogP contribution in [0.1, 0.15) is 18.1 Å². The third kappa shape index (κ3) is 6.16. The third-order valence-corrected chi connectivity index (χ3v) is 6.67. The molecule has 1 fully saturated rings. The van der Waals surface area contributed by atoms with E-state index in [-0.39, 0.29) is 5.91 Å². The second-order valence-corrected chi connectivity index (χ2v) is 9.04. The summed E-state index contributed by atoms with van der Waals surface area (Å²) in [7, 11) is 0. The molecule has 5 rings (SSSR count). The minimum Gasteiger partial charge on any atom is -0.473 e. The third-order valence-electron chi connectivity index (χ3n) is 6.67. The standard InChI is InChI=1S/C27H29N3O.C2H2O4/c1-2-30-25-11-7-6-10-23(25)24-18-22(12-13-26(24)30)20-28-14-16-29(17-15-28)27(31)19-21-8-4-3-5-9-21;3-1(4)2(5)6/h3-13,18H,2,14-17,19-20H2,1H3;(H,3,4)(H,5,6). The van der Waals surface area contributed by atoms with Crippen molar-refractivity contribution in [1.29, 1.82) is 0 Å². The van der Waals surface area contributed by atoms with Crippen LogP contribution in [0.3, 0.4) is 0 Å². The molecule has 2 N–H and O–H groups in total. The molecule has 0 atom stereocenters. The summed E-state index contributed by atoms with van der Waals surface area (Å²) in [4.78, 5) is 35.3. The van der Waals surface area contributed by atoms with Crippen molar-refractivity contribution in [3.8, 4) is 0 Å². The van der Waals surface area contributed by atoms with Gasteiger partial charge in [0, 0.05) is 61.1 Å². The first kappa shape index (κ1) is 25.9. The summed E-state index contributed by atoms with van der Waals surface area (Å²) < 4.78 is 2.39. The Bertz CT molecular complexity index is 1390. The van der Waals surface area contributed by atoms with Gasteiger partial charge in [-0.25, -0.2) is 9.59 Å². The number of carbonyl (C=O) groups excluding carboxylic acids is 1. The van der Waals surface area contributed by atoms with E-state index in [1.54, 1.807) is 0 Å². The van der Waals surface area contributed by atoms with Gasteiger partial charge in [0.25, 0.3) is 0 Å². The number of aromatic nitrogens is 1. The van der Waals surface area contributed by atoms with E-state index >= 15 is 0 Å². The van der Waals surface area contributed by atoms with Crippen LogP contribution >= 0.6 is 0 Å². The number of nitrogens with zero attached hydrogens (tertiary/aromatic N) is 3. The maximum atomic E-state index is 12.6. The van der Waals surface area contributed by atoms with Gasteiger partial charge in [-0.15, -0.1) is 0 Å². The van der Waals surface area contributed by atoms with Crippen molar-refractivity contribution in [2.24, 2.45) is 0 Å². The van der Waals surface area contributed by atoms with Crippen LogP contribution in [0.5, 0.6) is 0 Å². The lowest BCUT2D eigenvalue weighted by Crippen LogP contribution is -2.48. The fraction of sp³-hybridized carbons (Fsp3) is 0.276. The average molecular weight is 502 g/mol. The molecular formula is C29H31N3O5. The number of carbonyl (C=O) groups is 3. The van der Waals surface area contributed by atoms with Crippen LogP contribution in [0.4, 0.5) is 0 Å². The van der Waals surface area contributed by atoms with Gasteiger partial charge in [-0.2, -0.15) is 0 Å². The molecule has 192 valence electrons. The number of aryl methyl sites for hydroxylation is 1. The number of aliphatic carboxylic acids is 2. The van der Waals surface area contributed by atoms with Crippen molar-refractivity contribution in [3.05, 3.63) is 83.9 Å². The van der Waals surface area contributed by atoms with Crippen LogP contribution in [-0.2, 0) is 33.9 Å². The van der Waals surface area contributed by atoms with Crippen LogP contribution in [0, 0.1) is 0 Å². The normalized spacial score (nSPS) is 13.8. The molecule has 3 aromatic carbocycles. The fourth-order valence-electron chi connectivity index (χ4n) is 4.84. The van der Waals surface area contributed by atoms with Crippen molar-refractivity contribution >= 4 is 39.7 Å². The van der Waals surface area contributed by atoms with Crippen molar-refractivity contribution < 1.29 is 24.6 Å². The first-order valence-electron chi connectivity index (χ1n) is 12.4. The van der Waals surface area contributed by atoms with E-state index in [1.807, 2.05) is 35.2 Å². The number of hydrogen-bond donors (Lipinski definition) is 2. The van der Waals surface area contributed by atoms with Gasteiger partial charge in [0.15, 0.2) is 0 Å². The van der Waals surface area contributed by atoms with E-state index in [0.29, 0.717) is 6.42 Å². The lowest BCUT2D eigenvalue weighted by molar-refractivity contribution is -0.159. The van der Waals surface area contributed by atoms with Crippen LogP contribution in [0.15, 0.2) is 72.8 Å². The van der Waals surface area contributed by atoms with Crippen LogP contribution in [0.2, 0.25) is 0 Å². The Morgan fingerprint density at radius 1 is 0.730 bits per heavy atom. The Labute approximate surface area is 215 Å². The van der Waals surface area contributed by atoms with E-state index in [0.717, 1.165) is 44.8 Å². The van der Waals surface area contributed by atoms with E-state index in [4.69, 9.17) is 19.8 Å². The first-order chi connectivity index (χ1) is 17.9. The Balaban J connectivity index is 0.000000480. The maximum Gasteiger partial charge on any atom is 0.414 e. The van der Waals surface area contributed by atoms with Gasteiger partial charge in [0.1, 0.15) is 0 Å². The number of amides is 1. The molecule has 0 radical (unpaired) electrons. The molecule has 0 saturated carbocycles. The van der Waals surface area contributed by atoms with Gasteiger partial charge in [-0.3, -0.25) is 9.69 Å². The fourth-order valence-corrected chi connectivity index (χ4v) is 4.84. The smallest absolute Gasteiger partial charge is 0.414 e. The second-order valence-electron chi connectivity index (χ2n) is 9.04.